The molecule has 2 amide bonds. The maximum atomic E-state index is 11.8. The largest absolute Gasteiger partial charge is 0.326 e. The summed E-state index contributed by atoms with van der Waals surface area (Å²) < 4.78 is 0. The van der Waals surface area contributed by atoms with Crippen LogP contribution in [0.15, 0.2) is 0 Å². The zero-order chi connectivity index (χ0) is 12.4. The first-order chi connectivity index (χ1) is 8.09. The molecule has 2 rings (SSSR count). The molecule has 1 heterocycles. The van der Waals surface area contributed by atoms with Gasteiger partial charge in [0.2, 0.25) is 11.8 Å². The Morgan fingerprint density at radius 1 is 1.29 bits per heavy atom. The number of amides is 2. The van der Waals surface area contributed by atoms with Crippen LogP contribution in [0.3, 0.4) is 0 Å². The molecule has 2 N–H and O–H groups in total. The standard InChI is InChI=1S/C13H22N2O2/c1-9-7-12(16)15(13(9)17)8-11(14)10-5-3-2-4-6-10/h9-11H,2-8,14H2,1H3. The van der Waals surface area contributed by atoms with Crippen LogP contribution in [-0.4, -0.2) is 29.3 Å². The summed E-state index contributed by atoms with van der Waals surface area (Å²) in [7, 11) is 0. The molecule has 4 nitrogen and oxygen atoms in total. The number of carbonyl (C=O) groups excluding carboxylic acids is 2. The minimum Gasteiger partial charge on any atom is -0.326 e. The van der Waals surface area contributed by atoms with E-state index in [1.54, 1.807) is 0 Å². The molecule has 4 heteroatoms. The quantitative estimate of drug-likeness (QED) is 0.753. The van der Waals surface area contributed by atoms with Gasteiger partial charge < -0.3 is 5.73 Å². The van der Waals surface area contributed by atoms with Crippen LogP contribution < -0.4 is 5.73 Å². The molecule has 0 aromatic rings. The number of nitrogens with two attached hydrogens (primary N) is 1. The van der Waals surface area contributed by atoms with Crippen molar-refractivity contribution in [1.29, 1.82) is 0 Å². The minimum atomic E-state index is -0.152. The third-order valence-corrected chi connectivity index (χ3v) is 4.12. The van der Waals surface area contributed by atoms with Crippen LogP contribution in [-0.2, 0) is 9.59 Å². The highest BCUT2D eigenvalue weighted by Crippen LogP contribution is 2.27. The summed E-state index contributed by atoms with van der Waals surface area (Å²) in [6, 6.07) is -0.0338. The summed E-state index contributed by atoms with van der Waals surface area (Å²) >= 11 is 0. The van der Waals surface area contributed by atoms with Crippen LogP contribution in [0, 0.1) is 11.8 Å². The summed E-state index contributed by atoms with van der Waals surface area (Å²) in [5, 5.41) is 0. The van der Waals surface area contributed by atoms with E-state index in [-0.39, 0.29) is 23.8 Å². The molecule has 1 saturated heterocycles. The SMILES string of the molecule is CC1CC(=O)N(CC(N)C2CCCCC2)C1=O. The zero-order valence-electron chi connectivity index (χ0n) is 10.5. The molecule has 17 heavy (non-hydrogen) atoms. The number of likely N-dealkylation sites (tertiary alicyclic amines) is 1. The van der Waals surface area contributed by atoms with Crippen LogP contribution in [0.5, 0.6) is 0 Å². The predicted molar refractivity (Wildman–Crippen MR) is 65.1 cm³/mol. The Labute approximate surface area is 103 Å². The smallest absolute Gasteiger partial charge is 0.232 e. The molecule has 2 unspecified atom stereocenters. The normalized spacial score (nSPS) is 28.8. The second kappa shape index (κ2) is 5.17. The van der Waals surface area contributed by atoms with E-state index in [0.717, 1.165) is 12.8 Å². The van der Waals surface area contributed by atoms with E-state index in [9.17, 15) is 9.59 Å². The van der Waals surface area contributed by atoms with E-state index >= 15 is 0 Å². The van der Waals surface area contributed by atoms with Crippen LogP contribution in [0.4, 0.5) is 0 Å². The Morgan fingerprint density at radius 3 is 2.47 bits per heavy atom. The summed E-state index contributed by atoms with van der Waals surface area (Å²) in [4.78, 5) is 24.8. The number of imide groups is 1. The average molecular weight is 238 g/mol. The van der Waals surface area contributed by atoms with Gasteiger partial charge >= 0.3 is 0 Å². The second-order valence-corrected chi connectivity index (χ2v) is 5.51. The number of hydrogen-bond donors (Lipinski definition) is 1. The van der Waals surface area contributed by atoms with E-state index in [4.69, 9.17) is 5.73 Å². The number of nitrogens with zero attached hydrogens (tertiary/aromatic N) is 1. The van der Waals surface area contributed by atoms with Gasteiger partial charge in [0, 0.05) is 24.9 Å². The fourth-order valence-electron chi connectivity index (χ4n) is 2.96. The van der Waals surface area contributed by atoms with Crippen molar-refractivity contribution in [2.45, 2.75) is 51.5 Å². The molecule has 96 valence electrons. The molecular weight excluding hydrogens is 216 g/mol. The lowest BCUT2D eigenvalue weighted by Crippen LogP contribution is -2.45. The first-order valence-corrected chi connectivity index (χ1v) is 6.69. The van der Waals surface area contributed by atoms with Crippen molar-refractivity contribution in [3.05, 3.63) is 0 Å². The Bertz CT molecular complexity index is 311. The molecule has 0 spiro atoms. The summed E-state index contributed by atoms with van der Waals surface area (Å²) in [6.07, 6.45) is 6.41. The zero-order valence-corrected chi connectivity index (χ0v) is 10.5. The molecule has 2 fully saturated rings. The van der Waals surface area contributed by atoms with Crippen LogP contribution in [0.1, 0.15) is 45.4 Å². The van der Waals surface area contributed by atoms with Gasteiger partial charge in [-0.05, 0) is 18.8 Å². The highest BCUT2D eigenvalue weighted by molar-refractivity contribution is 6.03. The van der Waals surface area contributed by atoms with Gasteiger partial charge in [-0.15, -0.1) is 0 Å². The highest BCUT2D eigenvalue weighted by atomic mass is 16.2. The Hall–Kier alpha value is -0.900. The van der Waals surface area contributed by atoms with Gasteiger partial charge in [-0.3, -0.25) is 14.5 Å². The van der Waals surface area contributed by atoms with E-state index in [0.29, 0.717) is 18.9 Å². The summed E-state index contributed by atoms with van der Waals surface area (Å²) in [5.41, 5.74) is 6.15. The van der Waals surface area contributed by atoms with Gasteiger partial charge in [-0.25, -0.2) is 0 Å². The van der Waals surface area contributed by atoms with E-state index in [1.807, 2.05) is 6.92 Å². The first-order valence-electron chi connectivity index (χ1n) is 6.69. The lowest BCUT2D eigenvalue weighted by atomic mass is 9.84. The van der Waals surface area contributed by atoms with E-state index < -0.39 is 0 Å². The molecule has 2 aliphatic rings. The Morgan fingerprint density at radius 2 is 1.94 bits per heavy atom. The molecule has 1 aliphatic carbocycles. The third-order valence-electron chi connectivity index (χ3n) is 4.12. The Balaban J connectivity index is 1.91. The van der Waals surface area contributed by atoms with E-state index in [2.05, 4.69) is 0 Å². The number of carbonyl (C=O) groups is 2. The van der Waals surface area contributed by atoms with Crippen molar-refractivity contribution in [1.82, 2.24) is 4.90 Å². The molecule has 2 atom stereocenters. The average Bonchev–Trinajstić information content (AvgIpc) is 2.57. The summed E-state index contributed by atoms with van der Waals surface area (Å²) in [5.74, 6) is 0.247. The Kier molecular flexibility index (Phi) is 3.82. The van der Waals surface area contributed by atoms with Crippen LogP contribution >= 0.6 is 0 Å². The predicted octanol–water partition coefficient (Wildman–Crippen LogP) is 1.29. The monoisotopic (exact) mass is 238 g/mol. The van der Waals surface area contributed by atoms with Crippen molar-refractivity contribution >= 4 is 11.8 Å². The molecule has 0 radical (unpaired) electrons. The molecule has 1 saturated carbocycles. The van der Waals surface area contributed by atoms with Gasteiger partial charge in [0.25, 0.3) is 0 Å². The third kappa shape index (κ3) is 2.68. The maximum absolute atomic E-state index is 11.8. The van der Waals surface area contributed by atoms with E-state index in [1.165, 1.54) is 24.2 Å². The molecule has 0 aromatic heterocycles. The molecule has 0 aromatic carbocycles. The van der Waals surface area contributed by atoms with Gasteiger partial charge in [0.15, 0.2) is 0 Å². The molecular formula is C13H22N2O2. The van der Waals surface area contributed by atoms with Gasteiger partial charge in [-0.2, -0.15) is 0 Å². The first kappa shape index (κ1) is 12.6. The second-order valence-electron chi connectivity index (χ2n) is 5.51. The lowest BCUT2D eigenvalue weighted by molar-refractivity contribution is -0.139. The highest BCUT2D eigenvalue weighted by Gasteiger charge is 2.37. The maximum Gasteiger partial charge on any atom is 0.232 e. The van der Waals surface area contributed by atoms with Crippen LogP contribution in [0.25, 0.3) is 0 Å². The fraction of sp³-hybridized carbons (Fsp3) is 0.846. The van der Waals surface area contributed by atoms with Gasteiger partial charge in [-0.1, -0.05) is 26.2 Å². The van der Waals surface area contributed by atoms with Crippen molar-refractivity contribution in [2.24, 2.45) is 17.6 Å². The topological polar surface area (TPSA) is 63.4 Å². The molecule has 1 aliphatic heterocycles. The summed E-state index contributed by atoms with van der Waals surface area (Å²) in [6.45, 7) is 2.24. The van der Waals surface area contributed by atoms with Crippen molar-refractivity contribution in [2.75, 3.05) is 6.54 Å². The lowest BCUT2D eigenvalue weighted by Gasteiger charge is -2.29. The van der Waals surface area contributed by atoms with Crippen LogP contribution in [0.2, 0.25) is 0 Å². The van der Waals surface area contributed by atoms with Crippen molar-refractivity contribution in [3.63, 3.8) is 0 Å². The fourth-order valence-corrected chi connectivity index (χ4v) is 2.96. The van der Waals surface area contributed by atoms with Crippen molar-refractivity contribution in [3.8, 4) is 0 Å². The number of hydrogen-bond acceptors (Lipinski definition) is 3. The minimum absolute atomic E-state index is 0.0338. The molecule has 0 bridgehead atoms. The van der Waals surface area contributed by atoms with Gasteiger partial charge in [0.05, 0.1) is 0 Å². The van der Waals surface area contributed by atoms with Crippen molar-refractivity contribution < 1.29 is 9.59 Å². The van der Waals surface area contributed by atoms with Gasteiger partial charge in [0.1, 0.15) is 0 Å². The number of rotatable bonds is 3.